The fraction of sp³-hybridized carbons (Fsp3) is 0.400. The number of hydrogen-bond acceptors (Lipinski definition) is 5. The van der Waals surface area contributed by atoms with Crippen LogP contribution in [0.15, 0.2) is 23.2 Å². The molecule has 1 aromatic rings. The quantitative estimate of drug-likeness (QED) is 0.848. The number of guanidine groups is 1. The molecule has 1 saturated heterocycles. The van der Waals surface area contributed by atoms with Gasteiger partial charge in [-0.2, -0.15) is 0 Å². The average molecular weight is 355 g/mol. The average Bonchev–Trinajstić information content (AvgIpc) is 2.93. The molecule has 1 fully saturated rings. The highest BCUT2D eigenvalue weighted by Gasteiger charge is 2.31. The largest absolute Gasteiger partial charge is 0.378 e. The number of carbonyl (C=O) groups is 2. The van der Waals surface area contributed by atoms with Crippen molar-refractivity contribution in [3.63, 3.8) is 0 Å². The summed E-state index contributed by atoms with van der Waals surface area (Å²) in [5.41, 5.74) is 0.363. The number of rotatable bonds is 3. The first kappa shape index (κ1) is 16.7. The number of anilines is 1. The summed E-state index contributed by atoms with van der Waals surface area (Å²) in [6.07, 6.45) is -0.103. The number of ether oxygens (including phenoxy) is 1. The summed E-state index contributed by atoms with van der Waals surface area (Å²) < 4.78 is 18.4. The fourth-order valence-corrected chi connectivity index (χ4v) is 2.65. The Morgan fingerprint density at radius 3 is 2.92 bits per heavy atom. The zero-order chi connectivity index (χ0) is 17.1. The van der Waals surface area contributed by atoms with Gasteiger partial charge in [0.25, 0.3) is 5.91 Å². The number of hydrogen-bond donors (Lipinski definition) is 2. The zero-order valence-electron chi connectivity index (χ0n) is 12.7. The Labute approximate surface area is 142 Å². The molecule has 0 unspecified atom stereocenters. The molecule has 2 amide bonds. The second-order valence-electron chi connectivity index (χ2n) is 5.44. The Morgan fingerprint density at radius 1 is 1.46 bits per heavy atom. The van der Waals surface area contributed by atoms with E-state index in [1.807, 2.05) is 4.90 Å². The summed E-state index contributed by atoms with van der Waals surface area (Å²) in [6, 6.07) is 3.09. The molecule has 0 saturated carbocycles. The first-order valence-corrected chi connectivity index (χ1v) is 7.87. The summed E-state index contributed by atoms with van der Waals surface area (Å²) in [5.74, 6) is -0.802. The van der Waals surface area contributed by atoms with E-state index in [-0.39, 0.29) is 17.4 Å². The number of carbonyl (C=O) groups excluding carboxylic acids is 2. The molecule has 2 aliphatic rings. The molecular weight excluding hydrogens is 339 g/mol. The number of nitrogens with zero attached hydrogens (tertiary/aromatic N) is 2. The minimum Gasteiger partial charge on any atom is -0.378 e. The lowest BCUT2D eigenvalue weighted by molar-refractivity contribution is -0.124. The normalized spacial score (nSPS) is 20.6. The molecule has 0 radical (unpaired) electrons. The van der Waals surface area contributed by atoms with Crippen LogP contribution in [0.5, 0.6) is 0 Å². The van der Waals surface area contributed by atoms with Crippen LogP contribution in [0.25, 0.3) is 0 Å². The molecule has 0 bridgehead atoms. The third-order valence-electron chi connectivity index (χ3n) is 3.71. The van der Waals surface area contributed by atoms with Crippen molar-refractivity contribution < 1.29 is 18.7 Å². The van der Waals surface area contributed by atoms with Gasteiger partial charge in [0.2, 0.25) is 11.9 Å². The fourth-order valence-electron chi connectivity index (χ4n) is 2.47. The molecule has 2 N–H and O–H groups in total. The Balaban J connectivity index is 1.60. The number of halogens is 2. The summed E-state index contributed by atoms with van der Waals surface area (Å²) in [4.78, 5) is 30.2. The van der Waals surface area contributed by atoms with E-state index < -0.39 is 17.8 Å². The van der Waals surface area contributed by atoms with Crippen LogP contribution in [0.2, 0.25) is 5.02 Å². The third-order valence-corrected chi connectivity index (χ3v) is 4.00. The molecule has 0 spiro atoms. The molecule has 1 aromatic carbocycles. The number of morpholine rings is 1. The van der Waals surface area contributed by atoms with Crippen LogP contribution in [0.4, 0.5) is 10.1 Å². The van der Waals surface area contributed by atoms with E-state index >= 15 is 0 Å². The standard InChI is InChI=1S/C15H16ClFN4O3/c16-10-7-9(1-2-11(10)17)18-13(22)8-12-14(23)20-15(19-12)21-3-5-24-6-4-21/h1-2,7,12H,3-6,8H2,(H,18,22)(H,19,20,23)/t12-/m0/s1. The molecule has 7 nitrogen and oxygen atoms in total. The molecule has 24 heavy (non-hydrogen) atoms. The lowest BCUT2D eigenvalue weighted by Crippen LogP contribution is -2.46. The number of aliphatic imine (C=N–C) groups is 1. The SMILES string of the molecule is O=C(C[C@@H]1N=C(N2CCOCC2)NC1=O)Nc1ccc(F)c(Cl)c1. The van der Waals surface area contributed by atoms with Gasteiger partial charge in [0, 0.05) is 18.8 Å². The second-order valence-corrected chi connectivity index (χ2v) is 5.85. The van der Waals surface area contributed by atoms with E-state index in [4.69, 9.17) is 16.3 Å². The highest BCUT2D eigenvalue weighted by atomic mass is 35.5. The number of nitrogens with one attached hydrogen (secondary N) is 2. The lowest BCUT2D eigenvalue weighted by Gasteiger charge is -2.27. The van der Waals surface area contributed by atoms with Crippen molar-refractivity contribution >= 4 is 35.1 Å². The van der Waals surface area contributed by atoms with Gasteiger partial charge in [0.15, 0.2) is 0 Å². The highest BCUT2D eigenvalue weighted by molar-refractivity contribution is 6.31. The van der Waals surface area contributed by atoms with E-state index in [0.29, 0.717) is 38.0 Å². The van der Waals surface area contributed by atoms with Gasteiger partial charge < -0.3 is 15.0 Å². The van der Waals surface area contributed by atoms with E-state index in [1.54, 1.807) is 0 Å². The molecule has 0 aliphatic carbocycles. The predicted molar refractivity (Wildman–Crippen MR) is 86.4 cm³/mol. The maximum Gasteiger partial charge on any atom is 0.252 e. The molecule has 128 valence electrons. The van der Waals surface area contributed by atoms with E-state index in [0.717, 1.165) is 6.07 Å². The van der Waals surface area contributed by atoms with Gasteiger partial charge in [0.1, 0.15) is 11.9 Å². The molecule has 1 atom stereocenters. The molecule has 0 aromatic heterocycles. The van der Waals surface area contributed by atoms with Crippen LogP contribution >= 0.6 is 11.6 Å². The minimum atomic E-state index is -0.779. The smallest absolute Gasteiger partial charge is 0.252 e. The lowest BCUT2D eigenvalue weighted by atomic mass is 10.2. The molecule has 2 heterocycles. The third kappa shape index (κ3) is 3.82. The predicted octanol–water partition coefficient (Wildman–Crippen LogP) is 0.994. The zero-order valence-corrected chi connectivity index (χ0v) is 13.5. The maximum atomic E-state index is 13.1. The summed E-state index contributed by atoms with van der Waals surface area (Å²) in [5, 5.41) is 5.18. The Hall–Kier alpha value is -2.19. The van der Waals surface area contributed by atoms with Gasteiger partial charge in [-0.05, 0) is 18.2 Å². The molecule has 9 heteroatoms. The van der Waals surface area contributed by atoms with Gasteiger partial charge in [-0.1, -0.05) is 11.6 Å². The van der Waals surface area contributed by atoms with Gasteiger partial charge in [-0.15, -0.1) is 0 Å². The van der Waals surface area contributed by atoms with Crippen molar-refractivity contribution in [3.05, 3.63) is 29.0 Å². The molecular formula is C15H16ClFN4O3. The summed E-state index contributed by atoms with van der Waals surface area (Å²) in [6.45, 7) is 2.44. The Kier molecular flexibility index (Phi) is 4.96. The van der Waals surface area contributed by atoms with Crippen molar-refractivity contribution in [1.29, 1.82) is 0 Å². The van der Waals surface area contributed by atoms with Crippen molar-refractivity contribution in [1.82, 2.24) is 10.2 Å². The first-order chi connectivity index (χ1) is 11.5. The second kappa shape index (κ2) is 7.14. The first-order valence-electron chi connectivity index (χ1n) is 7.49. The number of amides is 2. The van der Waals surface area contributed by atoms with E-state index in [2.05, 4.69) is 15.6 Å². The monoisotopic (exact) mass is 354 g/mol. The van der Waals surface area contributed by atoms with Crippen molar-refractivity contribution in [2.24, 2.45) is 4.99 Å². The van der Waals surface area contributed by atoms with Crippen LogP contribution in [-0.4, -0.2) is 55.0 Å². The number of benzene rings is 1. The molecule has 2 aliphatic heterocycles. The Morgan fingerprint density at radius 2 is 2.21 bits per heavy atom. The van der Waals surface area contributed by atoms with Crippen molar-refractivity contribution in [3.8, 4) is 0 Å². The van der Waals surface area contributed by atoms with Crippen LogP contribution in [-0.2, 0) is 14.3 Å². The molecule has 3 rings (SSSR count). The van der Waals surface area contributed by atoms with Crippen LogP contribution in [0.1, 0.15) is 6.42 Å². The van der Waals surface area contributed by atoms with Crippen LogP contribution < -0.4 is 10.6 Å². The van der Waals surface area contributed by atoms with Crippen LogP contribution in [0, 0.1) is 5.82 Å². The van der Waals surface area contributed by atoms with Crippen LogP contribution in [0.3, 0.4) is 0 Å². The van der Waals surface area contributed by atoms with E-state index in [1.165, 1.54) is 12.1 Å². The van der Waals surface area contributed by atoms with Gasteiger partial charge >= 0.3 is 0 Å². The topological polar surface area (TPSA) is 83.0 Å². The Bertz CT molecular complexity index is 691. The van der Waals surface area contributed by atoms with Crippen molar-refractivity contribution in [2.75, 3.05) is 31.6 Å². The highest BCUT2D eigenvalue weighted by Crippen LogP contribution is 2.20. The van der Waals surface area contributed by atoms with Gasteiger partial charge in [-0.3, -0.25) is 14.9 Å². The minimum absolute atomic E-state index is 0.0842. The van der Waals surface area contributed by atoms with Gasteiger partial charge in [-0.25, -0.2) is 9.38 Å². The van der Waals surface area contributed by atoms with E-state index in [9.17, 15) is 14.0 Å². The summed E-state index contributed by atoms with van der Waals surface area (Å²) in [7, 11) is 0. The summed E-state index contributed by atoms with van der Waals surface area (Å²) >= 11 is 5.67. The van der Waals surface area contributed by atoms with Crippen molar-refractivity contribution in [2.45, 2.75) is 12.5 Å². The van der Waals surface area contributed by atoms with Gasteiger partial charge in [0.05, 0.1) is 24.7 Å². The maximum absolute atomic E-state index is 13.1.